The van der Waals surface area contributed by atoms with Crippen molar-refractivity contribution >= 4 is 0 Å². The summed E-state index contributed by atoms with van der Waals surface area (Å²) >= 11 is 0. The van der Waals surface area contributed by atoms with Crippen molar-refractivity contribution in [3.05, 3.63) is 35.7 Å². The average Bonchev–Trinajstić information content (AvgIpc) is 2.97. The number of alkyl halides is 3. The van der Waals surface area contributed by atoms with Crippen molar-refractivity contribution in [1.29, 1.82) is 0 Å². The lowest BCUT2D eigenvalue weighted by atomic mass is 9.89. The van der Waals surface area contributed by atoms with Crippen molar-refractivity contribution in [2.45, 2.75) is 44.2 Å². The molecule has 0 bridgehead atoms. The van der Waals surface area contributed by atoms with Gasteiger partial charge in [-0.05, 0) is 25.0 Å². The summed E-state index contributed by atoms with van der Waals surface area (Å²) in [6.45, 7) is 0. The van der Waals surface area contributed by atoms with Crippen molar-refractivity contribution in [3.63, 3.8) is 0 Å². The highest BCUT2D eigenvalue weighted by atomic mass is 19.4. The molecule has 0 saturated heterocycles. The van der Waals surface area contributed by atoms with Crippen molar-refractivity contribution in [2.24, 2.45) is 0 Å². The van der Waals surface area contributed by atoms with Gasteiger partial charge in [-0.25, -0.2) is 4.98 Å². The quantitative estimate of drug-likeness (QED) is 0.883. The Morgan fingerprint density at radius 3 is 2.57 bits per heavy atom. The SMILES string of the molecule is FC(F)(F)c1cccc(-c2n[nH]c(C3CCCCC3)n2)c1. The topological polar surface area (TPSA) is 41.6 Å². The van der Waals surface area contributed by atoms with Gasteiger partial charge in [-0.15, -0.1) is 0 Å². The molecule has 112 valence electrons. The van der Waals surface area contributed by atoms with Crippen LogP contribution in [-0.2, 0) is 6.18 Å². The molecular weight excluding hydrogens is 279 g/mol. The molecule has 0 amide bonds. The molecule has 0 unspecified atom stereocenters. The Morgan fingerprint density at radius 1 is 1.10 bits per heavy atom. The van der Waals surface area contributed by atoms with Crippen molar-refractivity contribution in [1.82, 2.24) is 15.2 Å². The molecule has 0 atom stereocenters. The number of nitrogens with one attached hydrogen (secondary N) is 1. The number of halogens is 3. The zero-order valence-corrected chi connectivity index (χ0v) is 11.5. The fourth-order valence-electron chi connectivity index (χ4n) is 2.80. The molecule has 6 heteroatoms. The first-order valence-corrected chi connectivity index (χ1v) is 7.14. The van der Waals surface area contributed by atoms with Crippen LogP contribution in [0, 0.1) is 0 Å². The Hall–Kier alpha value is -1.85. The molecule has 1 aromatic heterocycles. The Balaban J connectivity index is 1.86. The molecule has 2 aromatic rings. The van der Waals surface area contributed by atoms with E-state index >= 15 is 0 Å². The van der Waals surface area contributed by atoms with Gasteiger partial charge in [0, 0.05) is 11.5 Å². The highest BCUT2D eigenvalue weighted by molar-refractivity contribution is 5.56. The summed E-state index contributed by atoms with van der Waals surface area (Å²) in [7, 11) is 0. The monoisotopic (exact) mass is 295 g/mol. The smallest absolute Gasteiger partial charge is 0.262 e. The molecule has 1 N–H and O–H groups in total. The molecule has 1 aliphatic rings. The van der Waals surface area contributed by atoms with Crippen LogP contribution in [0.1, 0.15) is 49.4 Å². The number of H-pyrrole nitrogens is 1. The van der Waals surface area contributed by atoms with Gasteiger partial charge in [-0.1, -0.05) is 31.4 Å². The van der Waals surface area contributed by atoms with Crippen molar-refractivity contribution < 1.29 is 13.2 Å². The van der Waals surface area contributed by atoms with Crippen LogP contribution in [0.25, 0.3) is 11.4 Å². The Kier molecular flexibility index (Phi) is 3.69. The zero-order valence-electron chi connectivity index (χ0n) is 11.5. The summed E-state index contributed by atoms with van der Waals surface area (Å²) in [5.41, 5.74) is -0.285. The van der Waals surface area contributed by atoms with Gasteiger partial charge in [-0.2, -0.15) is 18.3 Å². The van der Waals surface area contributed by atoms with E-state index in [-0.39, 0.29) is 0 Å². The van der Waals surface area contributed by atoms with Gasteiger partial charge in [0.2, 0.25) is 0 Å². The van der Waals surface area contributed by atoms with Crippen LogP contribution >= 0.6 is 0 Å². The molecule has 1 aliphatic carbocycles. The van der Waals surface area contributed by atoms with E-state index in [2.05, 4.69) is 15.2 Å². The van der Waals surface area contributed by atoms with Crippen LogP contribution < -0.4 is 0 Å². The lowest BCUT2D eigenvalue weighted by Gasteiger charge is -2.18. The molecule has 1 saturated carbocycles. The summed E-state index contributed by atoms with van der Waals surface area (Å²) in [6.07, 6.45) is 1.37. The van der Waals surface area contributed by atoms with Gasteiger partial charge >= 0.3 is 6.18 Å². The number of hydrogen-bond acceptors (Lipinski definition) is 2. The molecule has 1 fully saturated rings. The molecule has 1 aromatic carbocycles. The second-order valence-electron chi connectivity index (χ2n) is 5.46. The first kappa shape index (κ1) is 14.1. The largest absolute Gasteiger partial charge is 0.416 e. The predicted octanol–water partition coefficient (Wildman–Crippen LogP) is 4.54. The Labute approximate surface area is 120 Å². The van der Waals surface area contributed by atoms with Gasteiger partial charge < -0.3 is 0 Å². The number of benzene rings is 1. The highest BCUT2D eigenvalue weighted by Crippen LogP contribution is 2.33. The summed E-state index contributed by atoms with van der Waals surface area (Å²) in [6, 6.07) is 5.13. The molecule has 0 spiro atoms. The lowest BCUT2D eigenvalue weighted by Crippen LogP contribution is -2.06. The van der Waals surface area contributed by atoms with E-state index in [9.17, 15) is 13.2 Å². The minimum absolute atomic E-state index is 0.335. The van der Waals surface area contributed by atoms with Gasteiger partial charge in [0.1, 0.15) is 5.82 Å². The molecular formula is C15H16F3N3. The fourth-order valence-corrected chi connectivity index (χ4v) is 2.80. The van der Waals surface area contributed by atoms with Gasteiger partial charge in [-0.3, -0.25) is 5.10 Å². The van der Waals surface area contributed by atoms with Crippen molar-refractivity contribution in [3.8, 4) is 11.4 Å². The summed E-state index contributed by atoms with van der Waals surface area (Å²) < 4.78 is 38.2. The molecule has 1 heterocycles. The van der Waals surface area contributed by atoms with Gasteiger partial charge in [0.15, 0.2) is 5.82 Å². The third-order valence-electron chi connectivity index (χ3n) is 3.94. The molecule has 0 aliphatic heterocycles. The summed E-state index contributed by atoms with van der Waals surface area (Å²) in [4.78, 5) is 4.39. The lowest BCUT2D eigenvalue weighted by molar-refractivity contribution is -0.137. The normalized spacial score (nSPS) is 17.1. The Morgan fingerprint density at radius 2 is 1.86 bits per heavy atom. The number of aromatic amines is 1. The molecule has 3 rings (SSSR count). The number of hydrogen-bond donors (Lipinski definition) is 1. The third kappa shape index (κ3) is 3.09. The van der Waals surface area contributed by atoms with E-state index in [4.69, 9.17) is 0 Å². The van der Waals surface area contributed by atoms with Gasteiger partial charge in [0.25, 0.3) is 0 Å². The number of nitrogens with zero attached hydrogens (tertiary/aromatic N) is 2. The highest BCUT2D eigenvalue weighted by Gasteiger charge is 2.30. The molecule has 21 heavy (non-hydrogen) atoms. The van der Waals surface area contributed by atoms with Crippen LogP contribution in [0.4, 0.5) is 13.2 Å². The maximum absolute atomic E-state index is 12.7. The van der Waals surface area contributed by atoms with Crippen LogP contribution in [-0.4, -0.2) is 15.2 Å². The first-order valence-electron chi connectivity index (χ1n) is 7.14. The second-order valence-corrected chi connectivity index (χ2v) is 5.46. The average molecular weight is 295 g/mol. The van der Waals surface area contributed by atoms with Crippen LogP contribution in [0.2, 0.25) is 0 Å². The van der Waals surface area contributed by atoms with Crippen LogP contribution in [0.3, 0.4) is 0 Å². The minimum Gasteiger partial charge on any atom is -0.262 e. The Bertz CT molecular complexity index is 613. The van der Waals surface area contributed by atoms with E-state index in [1.807, 2.05) is 0 Å². The van der Waals surface area contributed by atoms with E-state index in [1.54, 1.807) is 6.07 Å². The summed E-state index contributed by atoms with van der Waals surface area (Å²) in [5.74, 6) is 1.48. The molecule has 0 radical (unpaired) electrons. The predicted molar refractivity (Wildman–Crippen MR) is 72.6 cm³/mol. The van der Waals surface area contributed by atoms with Crippen LogP contribution in [0.5, 0.6) is 0 Å². The standard InChI is InChI=1S/C15H16F3N3/c16-15(17,18)12-8-4-7-11(9-12)14-19-13(20-21-14)10-5-2-1-3-6-10/h4,7-10H,1-3,5-6H2,(H,19,20,21). The fraction of sp³-hybridized carbons (Fsp3) is 0.467. The maximum Gasteiger partial charge on any atom is 0.416 e. The maximum atomic E-state index is 12.7. The minimum atomic E-state index is -4.35. The zero-order chi connectivity index (χ0) is 14.9. The van der Waals surface area contributed by atoms with E-state index in [0.29, 0.717) is 17.3 Å². The number of aromatic nitrogens is 3. The van der Waals surface area contributed by atoms with E-state index in [0.717, 1.165) is 30.8 Å². The second kappa shape index (κ2) is 5.50. The third-order valence-corrected chi connectivity index (χ3v) is 3.94. The van der Waals surface area contributed by atoms with E-state index < -0.39 is 11.7 Å². The van der Waals surface area contributed by atoms with Crippen LogP contribution in [0.15, 0.2) is 24.3 Å². The summed E-state index contributed by atoms with van der Waals surface area (Å²) in [5, 5.41) is 6.97. The number of rotatable bonds is 2. The van der Waals surface area contributed by atoms with Gasteiger partial charge in [0.05, 0.1) is 5.56 Å². The van der Waals surface area contributed by atoms with E-state index in [1.165, 1.54) is 25.3 Å². The van der Waals surface area contributed by atoms with Crippen molar-refractivity contribution in [2.75, 3.05) is 0 Å². The first-order chi connectivity index (χ1) is 10.0. The molecule has 3 nitrogen and oxygen atoms in total.